The fourth-order valence-corrected chi connectivity index (χ4v) is 2.03. The van der Waals surface area contributed by atoms with Gasteiger partial charge in [0.05, 0.1) is 0 Å². The summed E-state index contributed by atoms with van der Waals surface area (Å²) in [6.45, 7) is 0.283. The third-order valence-corrected chi connectivity index (χ3v) is 2.98. The molecule has 17 heavy (non-hydrogen) atoms. The van der Waals surface area contributed by atoms with E-state index in [-0.39, 0.29) is 18.2 Å². The van der Waals surface area contributed by atoms with Crippen molar-refractivity contribution in [2.24, 2.45) is 0 Å². The number of benzene rings is 1. The molecule has 0 unspecified atom stereocenters. The summed E-state index contributed by atoms with van der Waals surface area (Å²) >= 11 is 6.50. The van der Waals surface area contributed by atoms with Gasteiger partial charge in [0.1, 0.15) is 6.61 Å². The molecule has 1 aromatic heterocycles. The van der Waals surface area contributed by atoms with Gasteiger partial charge in [0, 0.05) is 26.9 Å². The van der Waals surface area contributed by atoms with Crippen molar-refractivity contribution in [3.63, 3.8) is 0 Å². The highest BCUT2D eigenvalue weighted by Gasteiger charge is 2.04. The minimum absolute atomic E-state index is 0.230. The van der Waals surface area contributed by atoms with E-state index in [1.54, 1.807) is 24.5 Å². The molecule has 0 radical (unpaired) electrons. The average molecular weight is 361 g/mol. The van der Waals surface area contributed by atoms with Gasteiger partial charge in [-0.2, -0.15) is 0 Å². The van der Waals surface area contributed by atoms with Crippen LogP contribution in [0.15, 0.2) is 45.6 Å². The van der Waals surface area contributed by atoms with Crippen LogP contribution in [0.1, 0.15) is 5.56 Å². The van der Waals surface area contributed by atoms with E-state index in [1.807, 2.05) is 6.07 Å². The van der Waals surface area contributed by atoms with Crippen molar-refractivity contribution in [3.8, 4) is 5.75 Å². The molecule has 0 aliphatic heterocycles. The largest absolute Gasteiger partial charge is 0.486 e. The second kappa shape index (κ2) is 5.60. The highest BCUT2D eigenvalue weighted by molar-refractivity contribution is 9.10. The second-order valence-electron chi connectivity index (χ2n) is 3.37. The maximum absolute atomic E-state index is 13.5. The maximum atomic E-state index is 13.5. The summed E-state index contributed by atoms with van der Waals surface area (Å²) < 4.78 is 20.4. The first kappa shape index (κ1) is 12.5. The maximum Gasteiger partial charge on any atom is 0.166 e. The van der Waals surface area contributed by atoms with Gasteiger partial charge in [-0.1, -0.05) is 15.9 Å². The van der Waals surface area contributed by atoms with E-state index in [0.29, 0.717) is 4.47 Å². The van der Waals surface area contributed by atoms with Gasteiger partial charge < -0.3 is 4.74 Å². The first-order valence-electron chi connectivity index (χ1n) is 4.82. The number of ether oxygens (including phenoxy) is 1. The smallest absolute Gasteiger partial charge is 0.166 e. The van der Waals surface area contributed by atoms with Crippen molar-refractivity contribution in [3.05, 3.63) is 57.0 Å². The number of nitrogens with zero attached hydrogens (tertiary/aromatic N) is 1. The summed E-state index contributed by atoms with van der Waals surface area (Å²) in [7, 11) is 0. The lowest BCUT2D eigenvalue weighted by Crippen LogP contribution is -1.98. The molecule has 2 aromatic rings. The molecule has 0 N–H and O–H groups in total. The van der Waals surface area contributed by atoms with Gasteiger partial charge >= 0.3 is 0 Å². The molecule has 2 rings (SSSR count). The predicted molar refractivity (Wildman–Crippen MR) is 70.4 cm³/mol. The quantitative estimate of drug-likeness (QED) is 0.812. The molecule has 0 saturated carbocycles. The molecular formula is C12H8Br2FNO. The Morgan fingerprint density at radius 1 is 1.12 bits per heavy atom. The summed E-state index contributed by atoms with van der Waals surface area (Å²) in [5.41, 5.74) is 0.877. The number of halogens is 3. The fourth-order valence-electron chi connectivity index (χ4n) is 1.29. The van der Waals surface area contributed by atoms with E-state index in [4.69, 9.17) is 4.74 Å². The fraction of sp³-hybridized carbons (Fsp3) is 0.0833. The van der Waals surface area contributed by atoms with Gasteiger partial charge in [0.15, 0.2) is 11.6 Å². The summed E-state index contributed by atoms with van der Waals surface area (Å²) in [6, 6.07) is 6.57. The highest BCUT2D eigenvalue weighted by atomic mass is 79.9. The Kier molecular flexibility index (Phi) is 4.12. The Morgan fingerprint density at radius 3 is 2.65 bits per heavy atom. The second-order valence-corrected chi connectivity index (χ2v) is 5.21. The summed E-state index contributed by atoms with van der Waals surface area (Å²) in [4.78, 5) is 4.00. The van der Waals surface area contributed by atoms with Crippen molar-refractivity contribution in [2.45, 2.75) is 6.61 Å². The van der Waals surface area contributed by atoms with Gasteiger partial charge in [0.2, 0.25) is 0 Å². The summed E-state index contributed by atoms with van der Waals surface area (Å²) in [5.74, 6) is -0.157. The van der Waals surface area contributed by atoms with E-state index in [0.717, 1.165) is 10.0 Å². The van der Waals surface area contributed by atoms with E-state index in [1.165, 1.54) is 6.07 Å². The number of hydrogen-bond acceptors (Lipinski definition) is 2. The Labute approximate surface area is 115 Å². The zero-order valence-corrected chi connectivity index (χ0v) is 11.8. The third kappa shape index (κ3) is 3.51. The molecule has 0 aliphatic rings. The van der Waals surface area contributed by atoms with Crippen LogP contribution in [-0.4, -0.2) is 4.98 Å². The molecule has 0 amide bonds. The topological polar surface area (TPSA) is 22.1 Å². The van der Waals surface area contributed by atoms with Crippen molar-refractivity contribution in [1.29, 1.82) is 0 Å². The Morgan fingerprint density at radius 2 is 1.94 bits per heavy atom. The Balaban J connectivity index is 2.07. The van der Waals surface area contributed by atoms with Crippen LogP contribution in [0.2, 0.25) is 0 Å². The van der Waals surface area contributed by atoms with Gasteiger partial charge in [-0.15, -0.1) is 0 Å². The van der Waals surface area contributed by atoms with Crippen LogP contribution in [-0.2, 0) is 6.61 Å². The predicted octanol–water partition coefficient (Wildman–Crippen LogP) is 4.32. The van der Waals surface area contributed by atoms with Crippen molar-refractivity contribution >= 4 is 31.9 Å². The minimum atomic E-state index is -0.387. The van der Waals surface area contributed by atoms with Gasteiger partial charge in [-0.25, -0.2) is 4.39 Å². The molecule has 0 saturated heterocycles. The van der Waals surface area contributed by atoms with Crippen LogP contribution in [0, 0.1) is 5.82 Å². The zero-order chi connectivity index (χ0) is 12.3. The van der Waals surface area contributed by atoms with Gasteiger partial charge in [-0.3, -0.25) is 4.98 Å². The normalized spacial score (nSPS) is 10.3. The van der Waals surface area contributed by atoms with Crippen molar-refractivity contribution < 1.29 is 9.13 Å². The lowest BCUT2D eigenvalue weighted by atomic mass is 10.3. The summed E-state index contributed by atoms with van der Waals surface area (Å²) in [6.07, 6.45) is 3.37. The number of aromatic nitrogens is 1. The average Bonchev–Trinajstić information content (AvgIpc) is 2.28. The molecule has 1 aromatic carbocycles. The van der Waals surface area contributed by atoms with E-state index >= 15 is 0 Å². The SMILES string of the molecule is Fc1cc(Br)ccc1OCc1cncc(Br)c1. The molecule has 1 heterocycles. The van der Waals surface area contributed by atoms with Crippen molar-refractivity contribution in [2.75, 3.05) is 0 Å². The Bertz CT molecular complexity index is 534. The highest BCUT2D eigenvalue weighted by Crippen LogP contribution is 2.22. The van der Waals surface area contributed by atoms with Gasteiger partial charge in [0.25, 0.3) is 0 Å². The molecule has 0 fully saturated rings. The molecule has 0 aliphatic carbocycles. The molecule has 5 heteroatoms. The van der Waals surface area contributed by atoms with E-state index in [2.05, 4.69) is 36.8 Å². The molecule has 0 atom stereocenters. The van der Waals surface area contributed by atoms with Crippen LogP contribution in [0.25, 0.3) is 0 Å². The van der Waals surface area contributed by atoms with E-state index in [9.17, 15) is 4.39 Å². The van der Waals surface area contributed by atoms with Gasteiger partial charge in [-0.05, 0) is 40.2 Å². The lowest BCUT2D eigenvalue weighted by molar-refractivity contribution is 0.289. The Hall–Kier alpha value is -0.940. The van der Waals surface area contributed by atoms with Crippen LogP contribution in [0.5, 0.6) is 5.75 Å². The summed E-state index contributed by atoms with van der Waals surface area (Å²) in [5, 5.41) is 0. The monoisotopic (exact) mass is 359 g/mol. The first-order chi connectivity index (χ1) is 8.15. The van der Waals surface area contributed by atoms with Crippen LogP contribution in [0.4, 0.5) is 4.39 Å². The minimum Gasteiger partial charge on any atom is -0.486 e. The van der Waals surface area contributed by atoms with Crippen LogP contribution >= 0.6 is 31.9 Å². The molecule has 0 bridgehead atoms. The number of pyridine rings is 1. The van der Waals surface area contributed by atoms with Crippen molar-refractivity contribution in [1.82, 2.24) is 4.98 Å². The third-order valence-electron chi connectivity index (χ3n) is 2.05. The molecular weight excluding hydrogens is 353 g/mol. The molecule has 2 nitrogen and oxygen atoms in total. The van der Waals surface area contributed by atoms with Crippen LogP contribution < -0.4 is 4.74 Å². The first-order valence-corrected chi connectivity index (χ1v) is 6.41. The van der Waals surface area contributed by atoms with Crippen LogP contribution in [0.3, 0.4) is 0 Å². The van der Waals surface area contributed by atoms with E-state index < -0.39 is 0 Å². The standard InChI is InChI=1S/C12H8Br2FNO/c13-9-1-2-12(11(15)4-9)17-7-8-3-10(14)6-16-5-8/h1-6H,7H2. The number of rotatable bonds is 3. The molecule has 88 valence electrons. The lowest BCUT2D eigenvalue weighted by Gasteiger charge is -2.07. The zero-order valence-electron chi connectivity index (χ0n) is 8.66. The molecule has 0 spiro atoms. The number of hydrogen-bond donors (Lipinski definition) is 0.